The fourth-order valence-corrected chi connectivity index (χ4v) is 3.54. The van der Waals surface area contributed by atoms with Crippen molar-refractivity contribution >= 4 is 11.9 Å². The first-order chi connectivity index (χ1) is 10.5. The number of aliphatic carboxylic acids is 1. The Hall–Kier alpha value is -1.89. The number of fused-ring (bicyclic) bond motifs is 1. The Kier molecular flexibility index (Phi) is 3.90. The SMILES string of the molecule is CN1CCC(c2nc(C(=O)O)c3n2CC(C(=O)O)CC3)CC1. The number of rotatable bonds is 3. The highest BCUT2D eigenvalue weighted by atomic mass is 16.4. The highest BCUT2D eigenvalue weighted by molar-refractivity contribution is 5.87. The number of nitrogens with zero attached hydrogens (tertiary/aromatic N) is 3. The van der Waals surface area contributed by atoms with Crippen LogP contribution in [-0.4, -0.2) is 56.7 Å². The lowest BCUT2D eigenvalue weighted by atomic mass is 9.94. The van der Waals surface area contributed by atoms with Crippen molar-refractivity contribution in [3.05, 3.63) is 17.2 Å². The molecule has 0 saturated carbocycles. The molecule has 0 radical (unpaired) electrons. The zero-order valence-electron chi connectivity index (χ0n) is 12.7. The number of aromatic nitrogens is 2. The molecule has 0 spiro atoms. The van der Waals surface area contributed by atoms with E-state index in [1.807, 2.05) is 4.57 Å². The van der Waals surface area contributed by atoms with E-state index in [2.05, 4.69) is 16.9 Å². The van der Waals surface area contributed by atoms with Crippen LogP contribution in [0.1, 0.15) is 47.2 Å². The van der Waals surface area contributed by atoms with Crippen LogP contribution in [0.3, 0.4) is 0 Å². The zero-order chi connectivity index (χ0) is 15.9. The maximum Gasteiger partial charge on any atom is 0.356 e. The number of imidazole rings is 1. The normalized spacial score (nSPS) is 23.2. The number of hydrogen-bond acceptors (Lipinski definition) is 4. The van der Waals surface area contributed by atoms with E-state index in [-0.39, 0.29) is 11.6 Å². The van der Waals surface area contributed by atoms with Crippen LogP contribution in [0.2, 0.25) is 0 Å². The van der Waals surface area contributed by atoms with E-state index in [0.717, 1.165) is 31.8 Å². The van der Waals surface area contributed by atoms with E-state index >= 15 is 0 Å². The second-order valence-corrected chi connectivity index (χ2v) is 6.33. The smallest absolute Gasteiger partial charge is 0.356 e. The van der Waals surface area contributed by atoms with E-state index in [0.29, 0.717) is 25.1 Å². The van der Waals surface area contributed by atoms with Gasteiger partial charge in [-0.1, -0.05) is 0 Å². The third-order valence-electron chi connectivity index (χ3n) is 4.87. The van der Waals surface area contributed by atoms with Gasteiger partial charge in [-0.3, -0.25) is 4.79 Å². The van der Waals surface area contributed by atoms with Crippen LogP contribution in [-0.2, 0) is 17.8 Å². The molecule has 3 rings (SSSR count). The predicted octanol–water partition coefficient (Wildman–Crippen LogP) is 1.04. The predicted molar refractivity (Wildman–Crippen MR) is 78.1 cm³/mol. The van der Waals surface area contributed by atoms with Crippen LogP contribution in [0.4, 0.5) is 0 Å². The van der Waals surface area contributed by atoms with Crippen molar-refractivity contribution in [2.45, 2.75) is 38.1 Å². The van der Waals surface area contributed by atoms with Gasteiger partial charge in [0.1, 0.15) is 5.82 Å². The first-order valence-electron chi connectivity index (χ1n) is 7.71. The Morgan fingerprint density at radius 1 is 1.18 bits per heavy atom. The van der Waals surface area contributed by atoms with Crippen LogP contribution < -0.4 is 0 Å². The summed E-state index contributed by atoms with van der Waals surface area (Å²) in [5.41, 5.74) is 0.802. The summed E-state index contributed by atoms with van der Waals surface area (Å²) in [7, 11) is 2.07. The van der Waals surface area contributed by atoms with Crippen molar-refractivity contribution in [2.24, 2.45) is 5.92 Å². The third-order valence-corrected chi connectivity index (χ3v) is 4.87. The highest BCUT2D eigenvalue weighted by Crippen LogP contribution is 2.32. The van der Waals surface area contributed by atoms with Crippen molar-refractivity contribution in [3.8, 4) is 0 Å². The molecule has 2 N–H and O–H groups in total. The van der Waals surface area contributed by atoms with E-state index in [9.17, 15) is 19.8 Å². The van der Waals surface area contributed by atoms with Crippen molar-refractivity contribution in [1.29, 1.82) is 0 Å². The average molecular weight is 307 g/mol. The minimum absolute atomic E-state index is 0.109. The summed E-state index contributed by atoms with van der Waals surface area (Å²) >= 11 is 0. The Morgan fingerprint density at radius 2 is 1.86 bits per heavy atom. The van der Waals surface area contributed by atoms with Crippen LogP contribution in [0.15, 0.2) is 0 Å². The third kappa shape index (κ3) is 2.61. The Bertz CT molecular complexity index is 602. The quantitative estimate of drug-likeness (QED) is 0.866. The number of carboxylic acid groups (broad SMARTS) is 2. The second-order valence-electron chi connectivity index (χ2n) is 6.33. The summed E-state index contributed by atoms with van der Waals surface area (Å²) < 4.78 is 1.88. The van der Waals surface area contributed by atoms with Crippen LogP contribution in [0, 0.1) is 5.92 Å². The van der Waals surface area contributed by atoms with Gasteiger partial charge in [0.25, 0.3) is 0 Å². The minimum atomic E-state index is -1.02. The van der Waals surface area contributed by atoms with Crippen LogP contribution >= 0.6 is 0 Å². The maximum absolute atomic E-state index is 11.4. The Labute approximate surface area is 128 Å². The molecule has 3 heterocycles. The summed E-state index contributed by atoms with van der Waals surface area (Å²) in [5, 5.41) is 18.6. The lowest BCUT2D eigenvalue weighted by molar-refractivity contribution is -0.142. The summed E-state index contributed by atoms with van der Waals surface area (Å²) in [5.74, 6) is -1.29. The van der Waals surface area contributed by atoms with Gasteiger partial charge in [0, 0.05) is 12.5 Å². The first-order valence-corrected chi connectivity index (χ1v) is 7.71. The molecule has 1 atom stereocenters. The highest BCUT2D eigenvalue weighted by Gasteiger charge is 2.34. The van der Waals surface area contributed by atoms with Gasteiger partial charge in [-0.05, 0) is 45.8 Å². The second kappa shape index (κ2) is 5.72. The average Bonchev–Trinajstić information content (AvgIpc) is 2.87. The number of likely N-dealkylation sites (tertiary alicyclic amines) is 1. The Morgan fingerprint density at radius 3 is 2.45 bits per heavy atom. The number of hydrogen-bond donors (Lipinski definition) is 2. The monoisotopic (exact) mass is 307 g/mol. The molecule has 2 aliphatic rings. The van der Waals surface area contributed by atoms with Gasteiger partial charge in [0.15, 0.2) is 5.69 Å². The van der Waals surface area contributed by atoms with Gasteiger partial charge in [-0.15, -0.1) is 0 Å². The first kappa shape index (κ1) is 15.0. The number of piperidine rings is 1. The van der Waals surface area contributed by atoms with Gasteiger partial charge in [0.2, 0.25) is 0 Å². The van der Waals surface area contributed by atoms with E-state index in [1.54, 1.807) is 0 Å². The zero-order valence-corrected chi connectivity index (χ0v) is 12.7. The molecule has 22 heavy (non-hydrogen) atoms. The molecule has 120 valence electrons. The fourth-order valence-electron chi connectivity index (χ4n) is 3.54. The van der Waals surface area contributed by atoms with Gasteiger partial charge in [-0.25, -0.2) is 9.78 Å². The van der Waals surface area contributed by atoms with Gasteiger partial charge >= 0.3 is 11.9 Å². The fraction of sp³-hybridized carbons (Fsp3) is 0.667. The van der Waals surface area contributed by atoms with Crippen molar-refractivity contribution in [3.63, 3.8) is 0 Å². The van der Waals surface area contributed by atoms with Crippen molar-refractivity contribution in [2.75, 3.05) is 20.1 Å². The largest absolute Gasteiger partial charge is 0.481 e. The van der Waals surface area contributed by atoms with Crippen LogP contribution in [0.25, 0.3) is 0 Å². The molecule has 2 aliphatic heterocycles. The molecule has 1 aromatic heterocycles. The minimum Gasteiger partial charge on any atom is -0.481 e. The summed E-state index contributed by atoms with van der Waals surface area (Å²) in [6, 6.07) is 0. The molecule has 1 aromatic rings. The summed E-state index contributed by atoms with van der Waals surface area (Å²) in [6.45, 7) is 2.25. The number of aromatic carboxylic acids is 1. The van der Waals surface area contributed by atoms with Gasteiger partial charge < -0.3 is 19.7 Å². The lowest BCUT2D eigenvalue weighted by Gasteiger charge is -2.30. The standard InChI is InChI=1S/C15H21N3O4/c1-17-6-4-9(5-7-17)13-16-12(15(21)22)11-3-2-10(14(19)20)8-18(11)13/h9-10H,2-8H2,1H3,(H,19,20)(H,21,22). The molecule has 1 saturated heterocycles. The molecule has 0 aliphatic carbocycles. The van der Waals surface area contributed by atoms with E-state index in [4.69, 9.17) is 0 Å². The maximum atomic E-state index is 11.4. The van der Waals surface area contributed by atoms with Gasteiger partial charge in [0.05, 0.1) is 11.6 Å². The topological polar surface area (TPSA) is 95.7 Å². The van der Waals surface area contributed by atoms with E-state index < -0.39 is 17.9 Å². The lowest BCUT2D eigenvalue weighted by Crippen LogP contribution is -2.32. The molecule has 0 aromatic carbocycles. The molecular formula is C15H21N3O4. The molecule has 1 unspecified atom stereocenters. The number of carbonyl (C=O) groups is 2. The summed E-state index contributed by atoms with van der Waals surface area (Å²) in [4.78, 5) is 29.3. The van der Waals surface area contributed by atoms with Gasteiger partial charge in [-0.2, -0.15) is 0 Å². The number of carboxylic acids is 2. The van der Waals surface area contributed by atoms with E-state index in [1.165, 1.54) is 0 Å². The molecule has 0 bridgehead atoms. The van der Waals surface area contributed by atoms with Crippen molar-refractivity contribution in [1.82, 2.24) is 14.5 Å². The van der Waals surface area contributed by atoms with Crippen molar-refractivity contribution < 1.29 is 19.8 Å². The molecule has 7 heteroatoms. The molecule has 1 fully saturated rings. The summed E-state index contributed by atoms with van der Waals surface area (Å²) in [6.07, 6.45) is 2.82. The van der Waals surface area contributed by atoms with Crippen LogP contribution in [0.5, 0.6) is 0 Å². The molecule has 0 amide bonds. The Balaban J connectivity index is 1.96. The molecule has 7 nitrogen and oxygen atoms in total. The molecular weight excluding hydrogens is 286 g/mol.